The molecule has 0 fully saturated rings. The molecule has 0 aliphatic rings. The van der Waals surface area contributed by atoms with Crippen molar-refractivity contribution in [3.05, 3.63) is 69.3 Å². The zero-order valence-corrected chi connectivity index (χ0v) is 18.2. The molecule has 10 nitrogen and oxygen atoms in total. The molecule has 0 aliphatic heterocycles. The maximum absolute atomic E-state index is 14.4. The second-order valence-electron chi connectivity index (χ2n) is 7.35. The number of hydrogen-bond acceptors (Lipinski definition) is 9. The molecular formula is C23H18FN9O. The van der Waals surface area contributed by atoms with E-state index in [0.29, 0.717) is 16.5 Å². The monoisotopic (exact) mass is 455 g/mol. The van der Waals surface area contributed by atoms with Gasteiger partial charge in [0.05, 0.1) is 28.2 Å². The minimum atomic E-state index is -0.701. The quantitative estimate of drug-likeness (QED) is 0.471. The summed E-state index contributed by atoms with van der Waals surface area (Å²) in [5.74, 6) is -0.929. The van der Waals surface area contributed by atoms with Crippen molar-refractivity contribution in [3.63, 3.8) is 0 Å². The summed E-state index contributed by atoms with van der Waals surface area (Å²) in [7, 11) is 0. The fourth-order valence-electron chi connectivity index (χ4n) is 3.74. The SMILES string of the molecule is CCN(c1nc(N)nc(N)c1C#N)c1nc2cccc(C)c2c(=O)n1-c1cc(F)cc(C#N)c1. The Balaban J connectivity index is 2.16. The van der Waals surface area contributed by atoms with E-state index in [4.69, 9.17) is 11.5 Å². The van der Waals surface area contributed by atoms with Crippen LogP contribution in [0.4, 0.5) is 27.9 Å². The number of nitrogens with two attached hydrogens (primary N) is 2. The zero-order chi connectivity index (χ0) is 24.6. The molecule has 11 heteroatoms. The van der Waals surface area contributed by atoms with Crippen LogP contribution in [0.3, 0.4) is 0 Å². The Morgan fingerprint density at radius 3 is 2.56 bits per heavy atom. The van der Waals surface area contributed by atoms with Gasteiger partial charge in [0.2, 0.25) is 11.9 Å². The predicted molar refractivity (Wildman–Crippen MR) is 125 cm³/mol. The van der Waals surface area contributed by atoms with Crippen LogP contribution in [-0.2, 0) is 0 Å². The number of hydrogen-bond donors (Lipinski definition) is 2. The van der Waals surface area contributed by atoms with Gasteiger partial charge in [-0.1, -0.05) is 12.1 Å². The fraction of sp³-hybridized carbons (Fsp3) is 0.130. The van der Waals surface area contributed by atoms with Crippen LogP contribution in [0, 0.1) is 35.4 Å². The molecule has 4 N–H and O–H groups in total. The lowest BCUT2D eigenvalue weighted by Crippen LogP contribution is -2.31. The highest BCUT2D eigenvalue weighted by molar-refractivity contribution is 5.84. The van der Waals surface area contributed by atoms with Gasteiger partial charge >= 0.3 is 0 Å². The highest BCUT2D eigenvalue weighted by atomic mass is 19.1. The first-order valence-electron chi connectivity index (χ1n) is 10.1. The number of rotatable bonds is 4. The number of nitriles is 2. The standard InChI is InChI=1S/C23H18FN9O/c1-3-32(20-16(11-26)19(27)30-22(28)31-20)23-29-17-6-4-5-12(2)18(17)21(34)33(23)15-8-13(10-25)7-14(24)9-15/h4-9H,3H2,1-2H3,(H4,27,28,30,31). The summed E-state index contributed by atoms with van der Waals surface area (Å²) in [6.07, 6.45) is 0. The molecule has 0 saturated carbocycles. The number of fused-ring (bicyclic) bond motifs is 1. The van der Waals surface area contributed by atoms with Crippen LogP contribution >= 0.6 is 0 Å². The molecule has 0 spiro atoms. The average molecular weight is 455 g/mol. The van der Waals surface area contributed by atoms with Gasteiger partial charge in [0.15, 0.2) is 5.82 Å². The number of halogens is 1. The molecule has 168 valence electrons. The van der Waals surface area contributed by atoms with E-state index in [1.807, 2.05) is 12.1 Å². The normalized spacial score (nSPS) is 10.6. The minimum Gasteiger partial charge on any atom is -0.382 e. The second-order valence-corrected chi connectivity index (χ2v) is 7.35. The summed E-state index contributed by atoms with van der Waals surface area (Å²) in [4.78, 5) is 27.9. The van der Waals surface area contributed by atoms with Crippen molar-refractivity contribution in [2.24, 2.45) is 0 Å². The van der Waals surface area contributed by atoms with Gasteiger partial charge in [-0.3, -0.25) is 9.69 Å². The molecule has 0 atom stereocenters. The Morgan fingerprint density at radius 2 is 1.88 bits per heavy atom. The maximum Gasteiger partial charge on any atom is 0.267 e. The molecule has 34 heavy (non-hydrogen) atoms. The Kier molecular flexibility index (Phi) is 5.53. The Bertz CT molecular complexity index is 1600. The van der Waals surface area contributed by atoms with E-state index >= 15 is 0 Å². The van der Waals surface area contributed by atoms with Crippen molar-refractivity contribution in [1.82, 2.24) is 19.5 Å². The number of aryl methyl sites for hydroxylation is 1. The van der Waals surface area contributed by atoms with E-state index in [1.165, 1.54) is 15.5 Å². The van der Waals surface area contributed by atoms with Crippen molar-refractivity contribution in [3.8, 4) is 17.8 Å². The summed E-state index contributed by atoms with van der Waals surface area (Å²) in [6.45, 7) is 3.70. The summed E-state index contributed by atoms with van der Waals surface area (Å²) in [5, 5.41) is 19.3. The molecule has 0 amide bonds. The van der Waals surface area contributed by atoms with E-state index in [1.54, 1.807) is 32.0 Å². The van der Waals surface area contributed by atoms with E-state index in [-0.39, 0.29) is 46.9 Å². The highest BCUT2D eigenvalue weighted by Gasteiger charge is 2.25. The van der Waals surface area contributed by atoms with Crippen LogP contribution in [0.5, 0.6) is 0 Å². The third kappa shape index (κ3) is 3.61. The van der Waals surface area contributed by atoms with Crippen molar-refractivity contribution >= 4 is 34.4 Å². The molecule has 0 radical (unpaired) electrons. The van der Waals surface area contributed by atoms with Gasteiger partial charge in [0, 0.05) is 6.54 Å². The number of benzene rings is 2. The molecule has 4 rings (SSSR count). The van der Waals surface area contributed by atoms with E-state index in [9.17, 15) is 19.7 Å². The summed E-state index contributed by atoms with van der Waals surface area (Å²) >= 11 is 0. The molecule has 0 saturated heterocycles. The van der Waals surface area contributed by atoms with Gasteiger partial charge in [-0.25, -0.2) is 13.9 Å². The van der Waals surface area contributed by atoms with E-state index < -0.39 is 11.4 Å². The van der Waals surface area contributed by atoms with Gasteiger partial charge in [-0.05, 0) is 43.7 Å². The van der Waals surface area contributed by atoms with Gasteiger partial charge in [0.25, 0.3) is 5.56 Å². The first-order chi connectivity index (χ1) is 16.3. The summed E-state index contributed by atoms with van der Waals surface area (Å²) < 4.78 is 15.6. The van der Waals surface area contributed by atoms with Crippen molar-refractivity contribution in [1.29, 1.82) is 10.5 Å². The zero-order valence-electron chi connectivity index (χ0n) is 18.2. The van der Waals surface area contributed by atoms with Crippen LogP contribution < -0.4 is 21.9 Å². The number of aromatic nitrogens is 4. The molecule has 2 aromatic heterocycles. The van der Waals surface area contributed by atoms with Crippen LogP contribution in [0.25, 0.3) is 16.6 Å². The molecule has 2 heterocycles. The molecule has 0 aliphatic carbocycles. The lowest BCUT2D eigenvalue weighted by atomic mass is 10.1. The molecular weight excluding hydrogens is 437 g/mol. The topological polar surface area (TPSA) is 164 Å². The van der Waals surface area contributed by atoms with Crippen LogP contribution in [0.15, 0.2) is 41.2 Å². The lowest BCUT2D eigenvalue weighted by molar-refractivity contribution is 0.625. The predicted octanol–water partition coefficient (Wildman–Crippen LogP) is 2.69. The first kappa shape index (κ1) is 22.2. The Morgan fingerprint density at radius 1 is 1.12 bits per heavy atom. The molecule has 0 unspecified atom stereocenters. The van der Waals surface area contributed by atoms with Crippen LogP contribution in [-0.4, -0.2) is 26.1 Å². The van der Waals surface area contributed by atoms with Gasteiger partial charge in [0.1, 0.15) is 23.3 Å². The number of nitrogens with zero attached hydrogens (tertiary/aromatic N) is 7. The summed E-state index contributed by atoms with van der Waals surface area (Å²) in [5.41, 5.74) is 12.3. The van der Waals surface area contributed by atoms with E-state index in [0.717, 1.165) is 12.1 Å². The first-order valence-corrected chi connectivity index (χ1v) is 10.1. The Labute approximate surface area is 193 Å². The van der Waals surface area contributed by atoms with E-state index in [2.05, 4.69) is 15.0 Å². The second kappa shape index (κ2) is 8.48. The Hall–Kier alpha value is -5.03. The smallest absolute Gasteiger partial charge is 0.267 e. The van der Waals surface area contributed by atoms with Crippen molar-refractivity contribution < 1.29 is 4.39 Å². The molecule has 4 aromatic rings. The van der Waals surface area contributed by atoms with Gasteiger partial charge in [-0.15, -0.1) is 0 Å². The lowest BCUT2D eigenvalue weighted by Gasteiger charge is -2.26. The molecule has 0 bridgehead atoms. The van der Waals surface area contributed by atoms with Gasteiger partial charge in [-0.2, -0.15) is 20.5 Å². The van der Waals surface area contributed by atoms with Gasteiger partial charge < -0.3 is 11.5 Å². The third-order valence-electron chi connectivity index (χ3n) is 5.22. The summed E-state index contributed by atoms with van der Waals surface area (Å²) in [6, 6.07) is 12.6. The maximum atomic E-state index is 14.4. The third-order valence-corrected chi connectivity index (χ3v) is 5.22. The minimum absolute atomic E-state index is 0.0222. The van der Waals surface area contributed by atoms with Crippen LogP contribution in [0.2, 0.25) is 0 Å². The van der Waals surface area contributed by atoms with Crippen molar-refractivity contribution in [2.75, 3.05) is 22.9 Å². The van der Waals surface area contributed by atoms with Crippen molar-refractivity contribution in [2.45, 2.75) is 13.8 Å². The highest BCUT2D eigenvalue weighted by Crippen LogP contribution is 2.31. The molecule has 2 aromatic carbocycles. The largest absolute Gasteiger partial charge is 0.382 e. The number of nitrogen functional groups attached to an aromatic ring is 2. The average Bonchev–Trinajstić information content (AvgIpc) is 2.79. The van der Waals surface area contributed by atoms with Crippen LogP contribution in [0.1, 0.15) is 23.6 Å². The number of anilines is 4. The fourth-order valence-corrected chi connectivity index (χ4v) is 3.74.